The van der Waals surface area contributed by atoms with Gasteiger partial charge in [-0.3, -0.25) is 14.4 Å². The second-order valence-corrected chi connectivity index (χ2v) is 9.69. The topological polar surface area (TPSA) is 107 Å². The van der Waals surface area contributed by atoms with E-state index in [1.54, 1.807) is 11.0 Å². The number of nitrogens with zero attached hydrogens (tertiary/aromatic N) is 2. The molecule has 3 unspecified atom stereocenters. The summed E-state index contributed by atoms with van der Waals surface area (Å²) in [7, 11) is 0. The molecule has 8 nitrogen and oxygen atoms in total. The van der Waals surface area contributed by atoms with E-state index in [-0.39, 0.29) is 30.4 Å². The van der Waals surface area contributed by atoms with Gasteiger partial charge in [-0.05, 0) is 32.1 Å². The van der Waals surface area contributed by atoms with E-state index >= 15 is 0 Å². The van der Waals surface area contributed by atoms with Gasteiger partial charge in [-0.15, -0.1) is 6.58 Å². The largest absolute Gasteiger partial charge is 0.481 e. The molecular formula is C24H38N2O6. The first kappa shape index (κ1) is 24.7. The second kappa shape index (κ2) is 9.51. The van der Waals surface area contributed by atoms with Crippen LogP contribution in [0.5, 0.6) is 0 Å². The number of aliphatic carboxylic acids is 1. The van der Waals surface area contributed by atoms with Crippen LogP contribution in [0.4, 0.5) is 0 Å². The van der Waals surface area contributed by atoms with E-state index in [0.717, 1.165) is 12.8 Å². The predicted octanol–water partition coefficient (Wildman–Crippen LogP) is 2.06. The number of hydrogen-bond acceptors (Lipinski definition) is 5. The SMILES string of the molecule is C=CCN(C(=O)C1N([C@@H](CO)[C@@H](C)CC)C(=O)[C@@H]2[C@@H](C(=O)O)[C@H]3CCC12O3)C(C)CCC. The molecule has 180 valence electrons. The predicted molar refractivity (Wildman–Crippen MR) is 119 cm³/mol. The van der Waals surface area contributed by atoms with Gasteiger partial charge in [0.05, 0.1) is 30.6 Å². The fourth-order valence-corrected chi connectivity index (χ4v) is 6.18. The minimum atomic E-state index is -1.16. The number of carboxylic acid groups (broad SMARTS) is 1. The van der Waals surface area contributed by atoms with E-state index in [4.69, 9.17) is 4.74 Å². The molecule has 3 rings (SSSR count). The third-order valence-corrected chi connectivity index (χ3v) is 7.95. The van der Waals surface area contributed by atoms with Crippen molar-refractivity contribution in [2.75, 3.05) is 13.2 Å². The number of aliphatic hydroxyl groups is 1. The number of likely N-dealkylation sites (tertiary alicyclic amines) is 1. The van der Waals surface area contributed by atoms with Crippen LogP contribution in [0.3, 0.4) is 0 Å². The van der Waals surface area contributed by atoms with Gasteiger partial charge in [-0.2, -0.15) is 0 Å². The molecule has 0 aromatic carbocycles. The smallest absolute Gasteiger partial charge is 0.310 e. The monoisotopic (exact) mass is 450 g/mol. The fraction of sp³-hybridized carbons (Fsp3) is 0.792. The summed E-state index contributed by atoms with van der Waals surface area (Å²) >= 11 is 0. The molecule has 2 bridgehead atoms. The maximum atomic E-state index is 14.1. The molecule has 3 heterocycles. The molecule has 8 heteroatoms. The minimum absolute atomic E-state index is 0.0594. The summed E-state index contributed by atoms with van der Waals surface area (Å²) in [5.41, 5.74) is -1.16. The number of ether oxygens (including phenoxy) is 1. The Morgan fingerprint density at radius 3 is 2.59 bits per heavy atom. The normalized spacial score (nSPS) is 33.7. The lowest BCUT2D eigenvalue weighted by Crippen LogP contribution is -2.60. The zero-order chi connectivity index (χ0) is 23.8. The highest BCUT2D eigenvalue weighted by molar-refractivity contribution is 5.98. The molecule has 0 saturated carbocycles. The Labute approximate surface area is 190 Å². The molecule has 0 aromatic rings. The average molecular weight is 451 g/mol. The van der Waals surface area contributed by atoms with E-state index in [1.165, 1.54) is 4.90 Å². The molecule has 3 fully saturated rings. The van der Waals surface area contributed by atoms with Crippen LogP contribution >= 0.6 is 0 Å². The van der Waals surface area contributed by atoms with Gasteiger partial charge in [0, 0.05) is 12.6 Å². The van der Waals surface area contributed by atoms with Crippen LogP contribution in [0.25, 0.3) is 0 Å². The van der Waals surface area contributed by atoms with Crippen molar-refractivity contribution in [3.05, 3.63) is 12.7 Å². The summed E-state index contributed by atoms with van der Waals surface area (Å²) in [6, 6.07) is -1.59. The molecule has 2 N–H and O–H groups in total. The molecular weight excluding hydrogens is 412 g/mol. The van der Waals surface area contributed by atoms with Crippen molar-refractivity contribution < 1.29 is 29.3 Å². The van der Waals surface area contributed by atoms with Crippen molar-refractivity contribution in [2.45, 2.75) is 89.6 Å². The molecule has 0 aliphatic carbocycles. The maximum Gasteiger partial charge on any atom is 0.310 e. The van der Waals surface area contributed by atoms with Crippen LogP contribution < -0.4 is 0 Å². The van der Waals surface area contributed by atoms with Gasteiger partial charge >= 0.3 is 5.97 Å². The Morgan fingerprint density at radius 1 is 1.38 bits per heavy atom. The summed E-state index contributed by atoms with van der Waals surface area (Å²) in [5.74, 6) is -3.61. The second-order valence-electron chi connectivity index (χ2n) is 9.69. The lowest BCUT2D eigenvalue weighted by atomic mass is 9.70. The Bertz CT molecular complexity index is 757. The summed E-state index contributed by atoms with van der Waals surface area (Å²) < 4.78 is 6.27. The molecule has 3 aliphatic heterocycles. The summed E-state index contributed by atoms with van der Waals surface area (Å²) in [6.45, 7) is 11.8. The lowest BCUT2D eigenvalue weighted by molar-refractivity contribution is -0.155. The fourth-order valence-electron chi connectivity index (χ4n) is 6.18. The Hall–Kier alpha value is -1.93. The van der Waals surface area contributed by atoms with Crippen molar-refractivity contribution in [2.24, 2.45) is 17.8 Å². The van der Waals surface area contributed by atoms with Gasteiger partial charge in [0.25, 0.3) is 0 Å². The highest BCUT2D eigenvalue weighted by atomic mass is 16.5. The third kappa shape index (κ3) is 3.65. The number of carboxylic acids is 1. The van der Waals surface area contributed by atoms with Gasteiger partial charge in [0.2, 0.25) is 11.8 Å². The highest BCUT2D eigenvalue weighted by Crippen LogP contribution is 2.59. The van der Waals surface area contributed by atoms with Gasteiger partial charge in [-0.25, -0.2) is 0 Å². The van der Waals surface area contributed by atoms with E-state index in [2.05, 4.69) is 13.5 Å². The van der Waals surface area contributed by atoms with Crippen LogP contribution in [0.15, 0.2) is 12.7 Å². The van der Waals surface area contributed by atoms with Gasteiger partial charge < -0.3 is 24.7 Å². The Morgan fingerprint density at radius 2 is 2.06 bits per heavy atom. The van der Waals surface area contributed by atoms with E-state index in [9.17, 15) is 24.6 Å². The van der Waals surface area contributed by atoms with E-state index in [1.807, 2.05) is 20.8 Å². The third-order valence-electron chi connectivity index (χ3n) is 7.95. The number of carbonyl (C=O) groups is 3. The lowest BCUT2D eigenvalue weighted by Gasteiger charge is -2.42. The number of hydrogen-bond donors (Lipinski definition) is 2. The molecule has 2 amide bonds. The van der Waals surface area contributed by atoms with Crippen molar-refractivity contribution in [3.63, 3.8) is 0 Å². The van der Waals surface area contributed by atoms with Gasteiger partial charge in [0.1, 0.15) is 11.6 Å². The highest BCUT2D eigenvalue weighted by Gasteiger charge is 2.75. The van der Waals surface area contributed by atoms with Crippen LogP contribution in [0.1, 0.15) is 59.8 Å². The van der Waals surface area contributed by atoms with Crippen LogP contribution in [-0.2, 0) is 19.1 Å². The first-order valence-electron chi connectivity index (χ1n) is 11.9. The maximum absolute atomic E-state index is 14.1. The van der Waals surface area contributed by atoms with Crippen molar-refractivity contribution >= 4 is 17.8 Å². The Kier molecular flexibility index (Phi) is 7.34. The number of amides is 2. The zero-order valence-electron chi connectivity index (χ0n) is 19.7. The molecule has 0 aromatic heterocycles. The number of fused-ring (bicyclic) bond motifs is 1. The number of rotatable bonds is 11. The van der Waals surface area contributed by atoms with Gasteiger partial charge in [-0.1, -0.05) is 39.7 Å². The molecule has 8 atom stereocenters. The molecule has 32 heavy (non-hydrogen) atoms. The quantitative estimate of drug-likeness (QED) is 0.467. The summed E-state index contributed by atoms with van der Waals surface area (Å²) in [4.78, 5) is 43.2. The van der Waals surface area contributed by atoms with Crippen molar-refractivity contribution in [1.82, 2.24) is 9.80 Å². The van der Waals surface area contributed by atoms with E-state index < -0.39 is 41.6 Å². The number of carbonyl (C=O) groups excluding carboxylic acids is 2. The Balaban J connectivity index is 2.12. The zero-order valence-corrected chi connectivity index (χ0v) is 19.7. The average Bonchev–Trinajstić information content (AvgIpc) is 3.40. The van der Waals surface area contributed by atoms with Gasteiger partial charge in [0.15, 0.2) is 0 Å². The molecule has 0 radical (unpaired) electrons. The summed E-state index contributed by atoms with van der Waals surface area (Å²) in [6.07, 6.45) is 4.50. The van der Waals surface area contributed by atoms with Crippen molar-refractivity contribution in [1.29, 1.82) is 0 Å². The van der Waals surface area contributed by atoms with Crippen LogP contribution in [0.2, 0.25) is 0 Å². The molecule has 3 aliphatic rings. The summed E-state index contributed by atoms with van der Waals surface area (Å²) in [5, 5.41) is 20.2. The van der Waals surface area contributed by atoms with Crippen LogP contribution in [0, 0.1) is 17.8 Å². The first-order valence-corrected chi connectivity index (χ1v) is 11.9. The standard InChI is InChI=1S/C24H38N2O6/c1-6-9-15(5)25(12-7-2)22(29)20-24-11-10-17(32-24)18(23(30)31)19(24)21(28)26(20)16(13-27)14(4)8-3/h7,14-20,27H,2,6,8-13H2,1,3-5H3,(H,30,31)/t14-,15?,16-,17+,18-,19-,20?,24?/m0/s1. The first-order chi connectivity index (χ1) is 15.2. The van der Waals surface area contributed by atoms with Crippen LogP contribution in [-0.4, -0.2) is 80.8 Å². The van der Waals surface area contributed by atoms with E-state index in [0.29, 0.717) is 25.8 Å². The van der Waals surface area contributed by atoms with Crippen molar-refractivity contribution in [3.8, 4) is 0 Å². The molecule has 1 spiro atoms. The molecule has 3 saturated heterocycles. The number of aliphatic hydroxyl groups excluding tert-OH is 1. The minimum Gasteiger partial charge on any atom is -0.481 e.